The fraction of sp³-hybridized carbons (Fsp3) is 0.737. The number of piperidine rings is 1. The van der Waals surface area contributed by atoms with Crippen LogP contribution in [0.1, 0.15) is 36.6 Å². The Morgan fingerprint density at radius 2 is 2.04 bits per heavy atom. The van der Waals surface area contributed by atoms with Gasteiger partial charge in [0.15, 0.2) is 0 Å². The van der Waals surface area contributed by atoms with Crippen LogP contribution >= 0.6 is 11.3 Å². The number of nitrogens with one attached hydrogen (secondary N) is 1. The van der Waals surface area contributed by atoms with Gasteiger partial charge >= 0.3 is 0 Å². The molecule has 0 aliphatic carbocycles. The van der Waals surface area contributed by atoms with Gasteiger partial charge in [-0.05, 0) is 64.3 Å². The van der Waals surface area contributed by atoms with E-state index in [0.29, 0.717) is 12.6 Å². The Morgan fingerprint density at radius 3 is 2.64 bits per heavy atom. The second kappa shape index (κ2) is 9.12. The van der Waals surface area contributed by atoms with E-state index in [9.17, 15) is 4.79 Å². The molecule has 1 aromatic rings. The van der Waals surface area contributed by atoms with Crippen molar-refractivity contribution < 1.29 is 9.53 Å². The summed E-state index contributed by atoms with van der Waals surface area (Å²) in [6.45, 7) is 4.56. The average molecular weight is 366 g/mol. The smallest absolute Gasteiger partial charge is 0.223 e. The lowest BCUT2D eigenvalue weighted by atomic mass is 9.93. The summed E-state index contributed by atoms with van der Waals surface area (Å²) < 4.78 is 5.46. The number of likely N-dealkylation sites (N-methyl/N-ethyl adjacent to an activating group) is 1. The average Bonchev–Trinajstić information content (AvgIpc) is 3.16. The number of carbonyl (C=O) groups excluding carboxylic acids is 1. The molecule has 6 heteroatoms. The van der Waals surface area contributed by atoms with Crippen molar-refractivity contribution in [3.63, 3.8) is 0 Å². The van der Waals surface area contributed by atoms with Gasteiger partial charge in [-0.25, -0.2) is 0 Å². The zero-order valence-corrected chi connectivity index (χ0v) is 16.3. The van der Waals surface area contributed by atoms with Crippen molar-refractivity contribution in [2.45, 2.75) is 37.8 Å². The third-order valence-electron chi connectivity index (χ3n) is 5.57. The van der Waals surface area contributed by atoms with Crippen molar-refractivity contribution in [3.8, 4) is 0 Å². The van der Waals surface area contributed by atoms with Crippen LogP contribution in [0.4, 0.5) is 0 Å². The minimum atomic E-state index is 0.169. The number of likely N-dealkylation sites (tertiary alicyclic amines) is 1. The second-order valence-electron chi connectivity index (χ2n) is 7.39. The maximum Gasteiger partial charge on any atom is 0.223 e. The van der Waals surface area contributed by atoms with Crippen molar-refractivity contribution in [2.24, 2.45) is 5.92 Å². The first-order valence-corrected chi connectivity index (χ1v) is 10.3. The van der Waals surface area contributed by atoms with E-state index in [0.717, 1.165) is 52.0 Å². The van der Waals surface area contributed by atoms with Crippen molar-refractivity contribution in [1.29, 1.82) is 0 Å². The molecular formula is C19H31N3O2S. The van der Waals surface area contributed by atoms with Gasteiger partial charge in [0.2, 0.25) is 5.91 Å². The first-order valence-electron chi connectivity index (χ1n) is 9.44. The van der Waals surface area contributed by atoms with Gasteiger partial charge in [0, 0.05) is 36.6 Å². The lowest BCUT2D eigenvalue weighted by Gasteiger charge is -2.39. The molecule has 140 valence electrons. The summed E-state index contributed by atoms with van der Waals surface area (Å²) in [4.78, 5) is 18.7. The molecule has 2 fully saturated rings. The van der Waals surface area contributed by atoms with Crippen LogP contribution in [0.3, 0.4) is 0 Å². The predicted molar refractivity (Wildman–Crippen MR) is 102 cm³/mol. The second-order valence-corrected chi connectivity index (χ2v) is 8.37. The Balaban J connectivity index is 1.44. The molecule has 2 aliphatic heterocycles. The standard InChI is InChI=1S/C19H31N3O2S/c1-21(2)17(18-4-3-13-25-18)14-20-19(23)15-5-9-22(10-6-15)16-7-11-24-12-8-16/h3-4,13,15-17H,5-12,14H2,1-2H3,(H,20,23)/t17-/m0/s1. The van der Waals surface area contributed by atoms with E-state index in [1.54, 1.807) is 11.3 Å². The molecule has 0 radical (unpaired) electrons. The number of nitrogens with zero attached hydrogens (tertiary/aromatic N) is 2. The number of carbonyl (C=O) groups is 1. The zero-order chi connectivity index (χ0) is 17.6. The molecule has 1 amide bonds. The molecular weight excluding hydrogens is 334 g/mol. The number of rotatable bonds is 6. The van der Waals surface area contributed by atoms with Crippen molar-refractivity contribution >= 4 is 17.2 Å². The third-order valence-corrected chi connectivity index (χ3v) is 6.55. The normalized spacial score (nSPS) is 22.2. The van der Waals surface area contributed by atoms with Gasteiger partial charge in [0.05, 0.1) is 6.04 Å². The molecule has 2 saturated heterocycles. The summed E-state index contributed by atoms with van der Waals surface area (Å²) in [5, 5.41) is 5.30. The topological polar surface area (TPSA) is 44.8 Å². The molecule has 1 aromatic heterocycles. The quantitative estimate of drug-likeness (QED) is 0.841. The number of thiophene rings is 1. The maximum atomic E-state index is 12.6. The van der Waals surface area contributed by atoms with Crippen molar-refractivity contribution in [1.82, 2.24) is 15.1 Å². The van der Waals surface area contributed by atoms with Crippen LogP contribution in [0.15, 0.2) is 17.5 Å². The van der Waals surface area contributed by atoms with Crippen LogP contribution in [-0.4, -0.2) is 68.7 Å². The summed E-state index contributed by atoms with van der Waals surface area (Å²) in [7, 11) is 4.14. The first-order chi connectivity index (χ1) is 12.1. The summed E-state index contributed by atoms with van der Waals surface area (Å²) in [5.41, 5.74) is 0. The molecule has 0 unspecified atom stereocenters. The molecule has 25 heavy (non-hydrogen) atoms. The van der Waals surface area contributed by atoms with Crippen LogP contribution in [0.25, 0.3) is 0 Å². The largest absolute Gasteiger partial charge is 0.381 e. The van der Waals surface area contributed by atoms with Gasteiger partial charge in [-0.3, -0.25) is 4.79 Å². The highest BCUT2D eigenvalue weighted by molar-refractivity contribution is 7.10. The van der Waals surface area contributed by atoms with Gasteiger partial charge < -0.3 is 19.9 Å². The summed E-state index contributed by atoms with van der Waals surface area (Å²) in [6, 6.07) is 5.14. The van der Waals surface area contributed by atoms with E-state index in [1.165, 1.54) is 4.88 Å². The highest BCUT2D eigenvalue weighted by Crippen LogP contribution is 2.25. The number of hydrogen-bond donors (Lipinski definition) is 1. The molecule has 5 nitrogen and oxygen atoms in total. The van der Waals surface area contributed by atoms with Crippen LogP contribution in [0.5, 0.6) is 0 Å². The van der Waals surface area contributed by atoms with E-state index in [-0.39, 0.29) is 17.9 Å². The molecule has 1 atom stereocenters. The van der Waals surface area contributed by atoms with E-state index in [4.69, 9.17) is 4.74 Å². The fourth-order valence-corrected chi connectivity index (χ4v) is 4.86. The third kappa shape index (κ3) is 5.03. The minimum absolute atomic E-state index is 0.169. The Kier molecular flexibility index (Phi) is 6.87. The van der Waals surface area contributed by atoms with Gasteiger partial charge in [-0.1, -0.05) is 6.07 Å². The highest BCUT2D eigenvalue weighted by Gasteiger charge is 2.30. The minimum Gasteiger partial charge on any atom is -0.381 e. The van der Waals surface area contributed by atoms with Gasteiger partial charge in [-0.15, -0.1) is 11.3 Å². The Bertz CT molecular complexity index is 521. The van der Waals surface area contributed by atoms with E-state index in [1.807, 2.05) is 0 Å². The van der Waals surface area contributed by atoms with Gasteiger partial charge in [-0.2, -0.15) is 0 Å². The number of amides is 1. The molecule has 3 heterocycles. The first kappa shape index (κ1) is 18.8. The van der Waals surface area contributed by atoms with Gasteiger partial charge in [0.1, 0.15) is 0 Å². The summed E-state index contributed by atoms with van der Waals surface area (Å²) in [5.74, 6) is 0.400. The molecule has 2 aliphatic rings. The fourth-order valence-electron chi connectivity index (χ4n) is 3.94. The Morgan fingerprint density at radius 1 is 1.32 bits per heavy atom. The zero-order valence-electron chi connectivity index (χ0n) is 15.4. The van der Waals surface area contributed by atoms with E-state index < -0.39 is 0 Å². The van der Waals surface area contributed by atoms with E-state index >= 15 is 0 Å². The van der Waals surface area contributed by atoms with E-state index in [2.05, 4.69) is 46.7 Å². The maximum absolute atomic E-state index is 12.6. The lowest BCUT2D eigenvalue weighted by molar-refractivity contribution is -0.127. The van der Waals surface area contributed by atoms with Gasteiger partial charge in [0.25, 0.3) is 0 Å². The van der Waals surface area contributed by atoms with Crippen LogP contribution in [0.2, 0.25) is 0 Å². The molecule has 0 saturated carbocycles. The monoisotopic (exact) mass is 365 g/mol. The van der Waals surface area contributed by atoms with Crippen molar-refractivity contribution in [3.05, 3.63) is 22.4 Å². The van der Waals surface area contributed by atoms with Crippen LogP contribution in [-0.2, 0) is 9.53 Å². The predicted octanol–water partition coefficient (Wildman–Crippen LogP) is 2.36. The molecule has 0 spiro atoms. The molecule has 1 N–H and O–H groups in total. The Hall–Kier alpha value is -0.950. The SMILES string of the molecule is CN(C)[C@@H](CNC(=O)C1CCN(C2CCOCC2)CC1)c1cccs1. The Labute approximate surface area is 155 Å². The molecule has 0 aromatic carbocycles. The van der Waals surface area contributed by atoms with Crippen molar-refractivity contribution in [2.75, 3.05) is 46.9 Å². The molecule has 3 rings (SSSR count). The highest BCUT2D eigenvalue weighted by atomic mass is 32.1. The van der Waals surface area contributed by atoms with Crippen LogP contribution < -0.4 is 5.32 Å². The molecule has 0 bridgehead atoms. The van der Waals surface area contributed by atoms with Crippen LogP contribution in [0, 0.1) is 5.92 Å². The summed E-state index contributed by atoms with van der Waals surface area (Å²) >= 11 is 1.75. The summed E-state index contributed by atoms with van der Waals surface area (Å²) in [6.07, 6.45) is 4.24. The lowest BCUT2D eigenvalue weighted by Crippen LogP contribution is -2.47. The number of hydrogen-bond acceptors (Lipinski definition) is 5. The number of ether oxygens (including phenoxy) is 1.